The van der Waals surface area contributed by atoms with E-state index in [4.69, 9.17) is 32.7 Å². The lowest BCUT2D eigenvalue weighted by Gasteiger charge is -2.40. The second-order valence-corrected chi connectivity index (χ2v) is 9.08. The molecule has 3 N–H and O–H groups in total. The highest BCUT2D eigenvalue weighted by molar-refractivity contribution is 6.42. The molecule has 1 fully saturated rings. The second kappa shape index (κ2) is 10.2. The van der Waals surface area contributed by atoms with Gasteiger partial charge in [0.25, 0.3) is 0 Å². The van der Waals surface area contributed by atoms with Gasteiger partial charge in [-0.1, -0.05) is 29.3 Å². The van der Waals surface area contributed by atoms with E-state index >= 15 is 0 Å². The maximum absolute atomic E-state index is 12.5. The number of halogens is 2. The molecule has 0 spiro atoms. The van der Waals surface area contributed by atoms with E-state index in [1.54, 1.807) is 25.3 Å². The average Bonchev–Trinajstić information content (AvgIpc) is 3.19. The molecule has 33 heavy (non-hydrogen) atoms. The van der Waals surface area contributed by atoms with E-state index in [2.05, 4.69) is 20.2 Å². The van der Waals surface area contributed by atoms with Crippen LogP contribution >= 0.6 is 23.2 Å². The number of amides is 1. The number of aromatic nitrogens is 2. The predicted molar refractivity (Wildman–Crippen MR) is 128 cm³/mol. The minimum absolute atomic E-state index is 0.0466. The lowest BCUT2D eigenvalue weighted by molar-refractivity contribution is -0.125. The van der Waals surface area contributed by atoms with E-state index in [0.717, 1.165) is 42.5 Å². The van der Waals surface area contributed by atoms with Gasteiger partial charge in [-0.05, 0) is 42.7 Å². The number of ether oxygens (including phenoxy) is 2. The van der Waals surface area contributed by atoms with Crippen molar-refractivity contribution in [3.63, 3.8) is 0 Å². The molecule has 0 aliphatic carbocycles. The zero-order valence-electron chi connectivity index (χ0n) is 18.2. The number of likely N-dealkylation sites (tertiary alicyclic amines) is 1. The van der Waals surface area contributed by atoms with Gasteiger partial charge in [-0.2, -0.15) is 0 Å². The summed E-state index contributed by atoms with van der Waals surface area (Å²) in [5.74, 6) is 0.596. The smallest absolute Gasteiger partial charge is 0.323 e. The Labute approximate surface area is 201 Å². The fourth-order valence-corrected chi connectivity index (χ4v) is 4.24. The first kappa shape index (κ1) is 23.6. The molecule has 1 saturated heterocycles. The summed E-state index contributed by atoms with van der Waals surface area (Å²) < 4.78 is 11.7. The number of hydrogen-bond acceptors (Lipinski definition) is 5. The summed E-state index contributed by atoms with van der Waals surface area (Å²) in [5, 5.41) is 3.88. The lowest BCUT2D eigenvalue weighted by Crippen LogP contribution is -2.51. The van der Waals surface area contributed by atoms with Crippen LogP contribution in [-0.4, -0.2) is 59.7 Å². The standard InChI is InChI=1S/C23H26Cl2N4O4/c1-32-23(14-33-16-3-4-17(24)18(25)11-16)6-8-29(9-7-23)13-21(30)26-12-15-2-5-19-20(10-15)28-22(31)27-19/h2-5,10-11H,6-9,12-14H2,1H3,(H,26,30)(H2,27,28,31). The summed E-state index contributed by atoms with van der Waals surface area (Å²) in [5.41, 5.74) is 1.73. The quantitative estimate of drug-likeness (QED) is 0.447. The van der Waals surface area contributed by atoms with Crippen molar-refractivity contribution in [2.75, 3.05) is 33.4 Å². The fourth-order valence-electron chi connectivity index (χ4n) is 3.96. The Kier molecular flexibility index (Phi) is 7.29. The van der Waals surface area contributed by atoms with Crippen LogP contribution in [-0.2, 0) is 16.1 Å². The number of nitrogens with zero attached hydrogens (tertiary/aromatic N) is 1. The number of rotatable bonds is 8. The Bertz CT molecular complexity index is 1180. The summed E-state index contributed by atoms with van der Waals surface area (Å²) >= 11 is 12.0. The topological polar surface area (TPSA) is 99.4 Å². The highest BCUT2D eigenvalue weighted by Crippen LogP contribution is 2.30. The Balaban J connectivity index is 1.24. The van der Waals surface area contributed by atoms with Crippen molar-refractivity contribution >= 4 is 40.1 Å². The van der Waals surface area contributed by atoms with Crippen LogP contribution in [0.15, 0.2) is 41.2 Å². The first-order valence-electron chi connectivity index (χ1n) is 10.7. The summed E-state index contributed by atoms with van der Waals surface area (Å²) in [6, 6.07) is 10.7. The average molecular weight is 493 g/mol. The van der Waals surface area contributed by atoms with E-state index in [9.17, 15) is 9.59 Å². The van der Waals surface area contributed by atoms with Gasteiger partial charge < -0.3 is 24.8 Å². The number of aromatic amines is 2. The van der Waals surface area contributed by atoms with Gasteiger partial charge in [-0.3, -0.25) is 9.69 Å². The zero-order chi connectivity index (χ0) is 23.4. The molecule has 10 heteroatoms. The van der Waals surface area contributed by atoms with E-state index in [1.165, 1.54) is 0 Å². The molecule has 1 aromatic heterocycles. The van der Waals surface area contributed by atoms with Crippen molar-refractivity contribution in [3.8, 4) is 5.75 Å². The molecular weight excluding hydrogens is 467 g/mol. The number of methoxy groups -OCH3 is 1. The minimum Gasteiger partial charge on any atom is -0.491 e. The van der Waals surface area contributed by atoms with Crippen molar-refractivity contribution in [2.24, 2.45) is 0 Å². The molecule has 176 valence electrons. The van der Waals surface area contributed by atoms with E-state index in [1.807, 2.05) is 18.2 Å². The third-order valence-electron chi connectivity index (χ3n) is 6.03. The molecular formula is C23H26Cl2N4O4. The highest BCUT2D eigenvalue weighted by atomic mass is 35.5. The van der Waals surface area contributed by atoms with Gasteiger partial charge in [0.1, 0.15) is 18.0 Å². The Morgan fingerprint density at radius 2 is 1.85 bits per heavy atom. The molecule has 2 heterocycles. The van der Waals surface area contributed by atoms with E-state index in [0.29, 0.717) is 35.5 Å². The third-order valence-corrected chi connectivity index (χ3v) is 6.77. The van der Waals surface area contributed by atoms with Gasteiger partial charge in [0.2, 0.25) is 5.91 Å². The number of piperidine rings is 1. The number of nitrogens with one attached hydrogen (secondary N) is 3. The van der Waals surface area contributed by atoms with Crippen LogP contribution in [0.3, 0.4) is 0 Å². The lowest BCUT2D eigenvalue weighted by atomic mass is 9.92. The van der Waals surface area contributed by atoms with Crippen LogP contribution in [0.25, 0.3) is 11.0 Å². The molecule has 1 amide bonds. The normalized spacial score (nSPS) is 16.1. The predicted octanol–water partition coefficient (Wildman–Crippen LogP) is 3.34. The van der Waals surface area contributed by atoms with Crippen LogP contribution in [0.2, 0.25) is 10.0 Å². The molecule has 8 nitrogen and oxygen atoms in total. The maximum atomic E-state index is 12.5. The third kappa shape index (κ3) is 5.89. The van der Waals surface area contributed by atoms with Gasteiger partial charge >= 0.3 is 5.69 Å². The first-order valence-corrected chi connectivity index (χ1v) is 11.4. The number of H-pyrrole nitrogens is 2. The number of hydrogen-bond donors (Lipinski definition) is 3. The molecule has 1 aliphatic heterocycles. The first-order chi connectivity index (χ1) is 15.9. The Morgan fingerprint density at radius 3 is 2.58 bits per heavy atom. The zero-order valence-corrected chi connectivity index (χ0v) is 19.8. The van der Waals surface area contributed by atoms with Gasteiger partial charge in [0.05, 0.1) is 27.6 Å². The summed E-state index contributed by atoms with van der Waals surface area (Å²) in [6.07, 6.45) is 1.49. The number of imidazole rings is 1. The van der Waals surface area contributed by atoms with Gasteiger partial charge in [-0.25, -0.2) is 4.79 Å². The van der Waals surface area contributed by atoms with Crippen LogP contribution in [0.4, 0.5) is 0 Å². The van der Waals surface area contributed by atoms with Crippen molar-refractivity contribution in [2.45, 2.75) is 25.0 Å². The molecule has 3 aromatic rings. The molecule has 0 saturated carbocycles. The molecule has 0 bridgehead atoms. The minimum atomic E-state index is -0.415. The number of benzene rings is 2. The molecule has 1 aliphatic rings. The Morgan fingerprint density at radius 1 is 1.09 bits per heavy atom. The molecule has 2 aromatic carbocycles. The van der Waals surface area contributed by atoms with E-state index in [-0.39, 0.29) is 11.6 Å². The van der Waals surface area contributed by atoms with Crippen molar-refractivity contribution in [1.82, 2.24) is 20.2 Å². The summed E-state index contributed by atoms with van der Waals surface area (Å²) in [7, 11) is 1.69. The molecule has 4 rings (SSSR count). The number of fused-ring (bicyclic) bond motifs is 1. The van der Waals surface area contributed by atoms with Crippen LogP contribution in [0, 0.1) is 0 Å². The van der Waals surface area contributed by atoms with Crippen LogP contribution in [0.1, 0.15) is 18.4 Å². The number of carbonyl (C=O) groups is 1. The van der Waals surface area contributed by atoms with Crippen molar-refractivity contribution < 1.29 is 14.3 Å². The highest BCUT2D eigenvalue weighted by Gasteiger charge is 2.36. The fraction of sp³-hybridized carbons (Fsp3) is 0.391. The largest absolute Gasteiger partial charge is 0.491 e. The second-order valence-electron chi connectivity index (χ2n) is 8.26. The van der Waals surface area contributed by atoms with Crippen LogP contribution < -0.4 is 15.7 Å². The van der Waals surface area contributed by atoms with Crippen molar-refractivity contribution in [3.05, 3.63) is 62.5 Å². The monoisotopic (exact) mass is 492 g/mol. The van der Waals surface area contributed by atoms with E-state index < -0.39 is 5.60 Å². The van der Waals surface area contributed by atoms with Gasteiger partial charge in [0, 0.05) is 32.8 Å². The SMILES string of the molecule is COC1(COc2ccc(Cl)c(Cl)c2)CCN(CC(=O)NCc2ccc3[nH]c(=O)[nH]c3c2)CC1. The molecule has 0 unspecified atom stereocenters. The van der Waals surface area contributed by atoms with Crippen LogP contribution in [0.5, 0.6) is 5.75 Å². The maximum Gasteiger partial charge on any atom is 0.323 e. The van der Waals surface area contributed by atoms with Gasteiger partial charge in [-0.15, -0.1) is 0 Å². The Hall–Kier alpha value is -2.52. The van der Waals surface area contributed by atoms with Gasteiger partial charge in [0.15, 0.2) is 0 Å². The summed E-state index contributed by atoms with van der Waals surface area (Å²) in [6.45, 7) is 2.56. The molecule has 0 radical (unpaired) electrons. The molecule has 0 atom stereocenters. The summed E-state index contributed by atoms with van der Waals surface area (Å²) in [4.78, 5) is 31.4. The van der Waals surface area contributed by atoms with Crippen molar-refractivity contribution in [1.29, 1.82) is 0 Å². The number of carbonyl (C=O) groups excluding carboxylic acids is 1.